The molecule has 4 rings (SSSR count). The Balaban J connectivity index is 1.69. The maximum absolute atomic E-state index is 13.4. The van der Waals surface area contributed by atoms with E-state index in [-0.39, 0.29) is 11.4 Å². The van der Waals surface area contributed by atoms with E-state index in [0.717, 1.165) is 11.4 Å². The molecule has 0 saturated carbocycles. The van der Waals surface area contributed by atoms with Crippen molar-refractivity contribution >= 4 is 22.9 Å². The van der Waals surface area contributed by atoms with Gasteiger partial charge in [-0.25, -0.2) is 24.9 Å². The first kappa shape index (κ1) is 22.1. The molecule has 1 aliphatic heterocycles. The van der Waals surface area contributed by atoms with Gasteiger partial charge >= 0.3 is 0 Å². The highest BCUT2D eigenvalue weighted by Gasteiger charge is 2.37. The molecule has 0 aliphatic carbocycles. The molecule has 10 heteroatoms. The molecule has 1 aliphatic rings. The lowest BCUT2D eigenvalue weighted by Gasteiger charge is -2.43. The minimum Gasteiger partial charge on any atom is -0.377 e. The summed E-state index contributed by atoms with van der Waals surface area (Å²) in [6.07, 6.45) is 5.64. The summed E-state index contributed by atoms with van der Waals surface area (Å²) in [7, 11) is 0. The molecule has 1 saturated heterocycles. The van der Waals surface area contributed by atoms with Crippen LogP contribution in [0.5, 0.6) is 0 Å². The third-order valence-electron chi connectivity index (χ3n) is 5.82. The molecule has 0 spiro atoms. The van der Waals surface area contributed by atoms with E-state index in [1.807, 2.05) is 44.1 Å². The van der Waals surface area contributed by atoms with Crippen LogP contribution < -0.4 is 5.32 Å². The summed E-state index contributed by atoms with van der Waals surface area (Å²) in [5.41, 5.74) is 1.78. The van der Waals surface area contributed by atoms with Crippen molar-refractivity contribution in [1.29, 1.82) is 0 Å². The molecule has 3 aromatic rings. The van der Waals surface area contributed by atoms with Gasteiger partial charge in [0.05, 0.1) is 24.3 Å². The van der Waals surface area contributed by atoms with E-state index >= 15 is 0 Å². The monoisotopic (exact) mass is 438 g/mol. The third kappa shape index (κ3) is 4.02. The lowest BCUT2D eigenvalue weighted by Crippen LogP contribution is -2.59. The zero-order valence-corrected chi connectivity index (χ0v) is 19.3. The molecule has 3 aromatic heterocycles. The number of imidazole rings is 1. The number of morpholine rings is 1. The third-order valence-corrected chi connectivity index (χ3v) is 5.82. The number of carbonyl (C=O) groups excluding carboxylic acids is 1. The first-order chi connectivity index (χ1) is 15.4. The van der Waals surface area contributed by atoms with Gasteiger partial charge < -0.3 is 19.5 Å². The second-order valence-electron chi connectivity index (χ2n) is 8.55. The summed E-state index contributed by atoms with van der Waals surface area (Å²) >= 11 is 0. The number of carbonyl (C=O) groups is 1. The second kappa shape index (κ2) is 8.78. The van der Waals surface area contributed by atoms with Gasteiger partial charge in [-0.2, -0.15) is 0 Å². The van der Waals surface area contributed by atoms with Crippen LogP contribution in [-0.4, -0.2) is 71.6 Å². The molecule has 1 atom stereocenters. The van der Waals surface area contributed by atoms with Crippen LogP contribution in [0.1, 0.15) is 39.9 Å². The number of nitrogens with zero attached hydrogens (tertiary/aromatic N) is 7. The minimum absolute atomic E-state index is 0.0367. The quantitative estimate of drug-likeness (QED) is 0.625. The number of fused-ring (bicyclic) bond motifs is 1. The zero-order valence-electron chi connectivity index (χ0n) is 19.3. The predicted octanol–water partition coefficient (Wildman–Crippen LogP) is 2.44. The van der Waals surface area contributed by atoms with E-state index in [4.69, 9.17) is 9.72 Å². The van der Waals surface area contributed by atoms with E-state index in [1.54, 1.807) is 12.4 Å². The van der Waals surface area contributed by atoms with Crippen LogP contribution in [0.4, 0.5) is 5.82 Å². The molecule has 1 N–H and O–H groups in total. The number of hydrogen-bond acceptors (Lipinski definition) is 8. The van der Waals surface area contributed by atoms with Gasteiger partial charge in [-0.05, 0) is 34.1 Å². The van der Waals surface area contributed by atoms with Crippen molar-refractivity contribution in [3.8, 4) is 11.4 Å². The number of aromatic nitrogens is 6. The topological polar surface area (TPSA) is 111 Å². The Bertz CT molecular complexity index is 1110. The molecular formula is C22H30N8O2. The number of aryl methyl sites for hydroxylation is 2. The Hall–Kier alpha value is -3.14. The van der Waals surface area contributed by atoms with Crippen molar-refractivity contribution in [2.24, 2.45) is 0 Å². The Morgan fingerprint density at radius 1 is 1.22 bits per heavy atom. The fourth-order valence-electron chi connectivity index (χ4n) is 4.03. The highest BCUT2D eigenvalue weighted by atomic mass is 16.5. The Morgan fingerprint density at radius 2 is 1.97 bits per heavy atom. The standard InChI is InChI=1S/C22H30N8O2/c1-6-16(21(31)30-8-9-32-12-22(30,4)5)27-18-17-20(26-13-25-18)29(7-2)19(28-17)15-10-23-14(3)24-11-15/h10-11,13,16H,6-9,12H2,1-5H3,(H,25,26,27)/t16-/m0/s1. The number of anilines is 1. The van der Waals surface area contributed by atoms with Gasteiger partial charge in [0.2, 0.25) is 5.91 Å². The molecule has 0 aromatic carbocycles. The van der Waals surface area contributed by atoms with Crippen molar-refractivity contribution < 1.29 is 9.53 Å². The van der Waals surface area contributed by atoms with Gasteiger partial charge in [0.25, 0.3) is 0 Å². The normalized spacial score (nSPS) is 16.8. The molecule has 1 fully saturated rings. The maximum Gasteiger partial charge on any atom is 0.245 e. The first-order valence-electron chi connectivity index (χ1n) is 11.0. The van der Waals surface area contributed by atoms with Crippen molar-refractivity contribution in [3.63, 3.8) is 0 Å². The summed E-state index contributed by atoms with van der Waals surface area (Å²) in [6.45, 7) is 12.2. The van der Waals surface area contributed by atoms with Crippen molar-refractivity contribution in [3.05, 3.63) is 24.5 Å². The van der Waals surface area contributed by atoms with Crippen molar-refractivity contribution in [2.45, 2.75) is 59.2 Å². The summed E-state index contributed by atoms with van der Waals surface area (Å²) < 4.78 is 7.58. The summed E-state index contributed by atoms with van der Waals surface area (Å²) in [5, 5.41) is 3.34. The number of nitrogens with one attached hydrogen (secondary N) is 1. The average Bonchev–Trinajstić information content (AvgIpc) is 3.16. The fraction of sp³-hybridized carbons (Fsp3) is 0.545. The lowest BCUT2D eigenvalue weighted by atomic mass is 10.0. The minimum atomic E-state index is -0.427. The van der Waals surface area contributed by atoms with Crippen LogP contribution in [0.25, 0.3) is 22.6 Å². The Labute approximate surface area is 187 Å². The van der Waals surface area contributed by atoms with Crippen LogP contribution in [0.2, 0.25) is 0 Å². The van der Waals surface area contributed by atoms with E-state index in [2.05, 4.69) is 25.3 Å². The number of rotatable bonds is 6. The van der Waals surface area contributed by atoms with Crippen LogP contribution in [-0.2, 0) is 16.1 Å². The molecule has 4 heterocycles. The average molecular weight is 439 g/mol. The first-order valence-corrected chi connectivity index (χ1v) is 11.0. The van der Waals surface area contributed by atoms with E-state index in [0.29, 0.717) is 55.5 Å². The highest BCUT2D eigenvalue weighted by molar-refractivity contribution is 5.90. The molecule has 10 nitrogen and oxygen atoms in total. The van der Waals surface area contributed by atoms with Gasteiger partial charge in [0.15, 0.2) is 17.0 Å². The molecule has 0 unspecified atom stereocenters. The fourth-order valence-corrected chi connectivity index (χ4v) is 4.03. The molecular weight excluding hydrogens is 408 g/mol. The Morgan fingerprint density at radius 3 is 2.62 bits per heavy atom. The highest BCUT2D eigenvalue weighted by Crippen LogP contribution is 2.28. The smallest absolute Gasteiger partial charge is 0.245 e. The summed E-state index contributed by atoms with van der Waals surface area (Å²) in [6, 6.07) is -0.427. The number of ether oxygens (including phenoxy) is 1. The predicted molar refractivity (Wildman–Crippen MR) is 121 cm³/mol. The van der Waals surface area contributed by atoms with Crippen LogP contribution >= 0.6 is 0 Å². The van der Waals surface area contributed by atoms with E-state index in [9.17, 15) is 4.79 Å². The molecule has 1 amide bonds. The van der Waals surface area contributed by atoms with Crippen LogP contribution in [0.15, 0.2) is 18.7 Å². The summed E-state index contributed by atoms with van der Waals surface area (Å²) in [4.78, 5) is 37.6. The van der Waals surface area contributed by atoms with E-state index < -0.39 is 6.04 Å². The molecule has 0 bridgehead atoms. The Kier molecular flexibility index (Phi) is 6.05. The van der Waals surface area contributed by atoms with Crippen molar-refractivity contribution in [2.75, 3.05) is 25.1 Å². The zero-order chi connectivity index (χ0) is 22.9. The lowest BCUT2D eigenvalue weighted by molar-refractivity contribution is -0.147. The van der Waals surface area contributed by atoms with Gasteiger partial charge in [0.1, 0.15) is 24.0 Å². The molecule has 170 valence electrons. The van der Waals surface area contributed by atoms with Gasteiger partial charge in [-0.1, -0.05) is 6.92 Å². The number of amides is 1. The van der Waals surface area contributed by atoms with Gasteiger partial charge in [-0.3, -0.25) is 4.79 Å². The maximum atomic E-state index is 13.4. The molecule has 32 heavy (non-hydrogen) atoms. The van der Waals surface area contributed by atoms with Crippen LogP contribution in [0, 0.1) is 6.92 Å². The SMILES string of the molecule is CC[C@H](Nc1ncnc2c1nc(-c1cnc(C)nc1)n2CC)C(=O)N1CCOCC1(C)C. The van der Waals surface area contributed by atoms with E-state index in [1.165, 1.54) is 6.33 Å². The summed E-state index contributed by atoms with van der Waals surface area (Å²) in [5.74, 6) is 2.00. The largest absolute Gasteiger partial charge is 0.377 e. The van der Waals surface area contributed by atoms with Gasteiger partial charge in [-0.15, -0.1) is 0 Å². The van der Waals surface area contributed by atoms with Crippen LogP contribution in [0.3, 0.4) is 0 Å². The number of hydrogen-bond donors (Lipinski definition) is 1. The second-order valence-corrected chi connectivity index (χ2v) is 8.55. The van der Waals surface area contributed by atoms with Gasteiger partial charge in [0, 0.05) is 25.5 Å². The van der Waals surface area contributed by atoms with Crippen molar-refractivity contribution in [1.82, 2.24) is 34.4 Å². The molecule has 0 radical (unpaired) electrons.